The van der Waals surface area contributed by atoms with Gasteiger partial charge in [-0.1, -0.05) is 17.7 Å². The lowest BCUT2D eigenvalue weighted by Gasteiger charge is -2.02. The topological polar surface area (TPSA) is 69.6 Å². The molecule has 6 nitrogen and oxygen atoms in total. The monoisotopic (exact) mass is 357 g/mol. The second kappa shape index (κ2) is 6.23. The summed E-state index contributed by atoms with van der Waals surface area (Å²) in [5.41, 5.74) is -0.344. The summed E-state index contributed by atoms with van der Waals surface area (Å²) in [6.07, 6.45) is -2.79. The molecule has 0 unspecified atom stereocenters. The zero-order valence-electron chi connectivity index (χ0n) is 12.4. The minimum atomic E-state index is -4.59. The van der Waals surface area contributed by atoms with Crippen molar-refractivity contribution in [3.63, 3.8) is 0 Å². The SMILES string of the molecule is Cc1c(Cl)c(C(F)(F)F)nn1CCc1nnc(-c2ccccn2)o1. The standard InChI is InChI=1S/C14H11ClF3N5O/c1-8-11(15)12(14(16,17)18)22-23(8)7-5-10-20-21-13(24-10)9-4-2-3-6-19-9/h2-4,6H,5,7H2,1H3. The highest BCUT2D eigenvalue weighted by molar-refractivity contribution is 6.31. The largest absolute Gasteiger partial charge is 0.436 e. The number of nitrogens with zero attached hydrogens (tertiary/aromatic N) is 5. The molecule has 0 N–H and O–H groups in total. The summed E-state index contributed by atoms with van der Waals surface area (Å²) < 4.78 is 45.0. The molecule has 0 bridgehead atoms. The molecule has 0 saturated heterocycles. The Morgan fingerprint density at radius 3 is 2.67 bits per heavy atom. The lowest BCUT2D eigenvalue weighted by molar-refractivity contribution is -0.141. The normalized spacial score (nSPS) is 11.9. The lowest BCUT2D eigenvalue weighted by Crippen LogP contribution is -2.10. The first-order chi connectivity index (χ1) is 11.4. The quantitative estimate of drug-likeness (QED) is 0.714. The molecule has 0 amide bonds. The van der Waals surface area contributed by atoms with Crippen LogP contribution in [-0.2, 0) is 19.1 Å². The second-order valence-corrected chi connectivity index (χ2v) is 5.31. The van der Waals surface area contributed by atoms with Crippen LogP contribution in [0.4, 0.5) is 13.2 Å². The Kier molecular flexibility index (Phi) is 4.27. The van der Waals surface area contributed by atoms with Crippen molar-refractivity contribution in [3.05, 3.63) is 46.7 Å². The van der Waals surface area contributed by atoms with Crippen LogP contribution in [0.5, 0.6) is 0 Å². The third kappa shape index (κ3) is 3.25. The van der Waals surface area contributed by atoms with Crippen molar-refractivity contribution < 1.29 is 17.6 Å². The van der Waals surface area contributed by atoms with Gasteiger partial charge in [0.1, 0.15) is 5.69 Å². The van der Waals surface area contributed by atoms with Crippen LogP contribution in [0, 0.1) is 6.92 Å². The highest BCUT2D eigenvalue weighted by atomic mass is 35.5. The number of alkyl halides is 3. The zero-order chi connectivity index (χ0) is 17.3. The Bertz CT molecular complexity index is 844. The Labute approximate surface area is 139 Å². The van der Waals surface area contributed by atoms with Crippen molar-refractivity contribution in [2.24, 2.45) is 0 Å². The van der Waals surface area contributed by atoms with Gasteiger partial charge in [-0.2, -0.15) is 18.3 Å². The van der Waals surface area contributed by atoms with Crippen LogP contribution >= 0.6 is 11.6 Å². The highest BCUT2D eigenvalue weighted by Gasteiger charge is 2.38. The zero-order valence-corrected chi connectivity index (χ0v) is 13.1. The summed E-state index contributed by atoms with van der Waals surface area (Å²) in [6, 6.07) is 5.24. The van der Waals surface area contributed by atoms with Gasteiger partial charge in [0.25, 0.3) is 5.89 Å². The Balaban J connectivity index is 1.74. The van der Waals surface area contributed by atoms with E-state index in [1.165, 1.54) is 11.6 Å². The van der Waals surface area contributed by atoms with Gasteiger partial charge < -0.3 is 4.42 Å². The fourth-order valence-corrected chi connectivity index (χ4v) is 2.31. The molecule has 0 radical (unpaired) electrons. The van der Waals surface area contributed by atoms with Gasteiger partial charge in [-0.25, -0.2) is 0 Å². The summed E-state index contributed by atoms with van der Waals surface area (Å²) in [5.74, 6) is 0.520. The molecule has 0 atom stereocenters. The van der Waals surface area contributed by atoms with Gasteiger partial charge in [0.2, 0.25) is 5.89 Å². The summed E-state index contributed by atoms with van der Waals surface area (Å²) in [5, 5.41) is 10.8. The van der Waals surface area contributed by atoms with Crippen molar-refractivity contribution >= 4 is 11.6 Å². The van der Waals surface area contributed by atoms with Crippen LogP contribution in [0.25, 0.3) is 11.6 Å². The van der Waals surface area contributed by atoms with E-state index in [9.17, 15) is 13.2 Å². The fourth-order valence-electron chi connectivity index (χ4n) is 2.07. The van der Waals surface area contributed by atoms with E-state index in [0.717, 1.165) is 0 Å². The minimum absolute atomic E-state index is 0.130. The van der Waals surface area contributed by atoms with E-state index in [1.54, 1.807) is 24.4 Å². The number of aryl methyl sites for hydroxylation is 2. The van der Waals surface area contributed by atoms with Crippen molar-refractivity contribution in [3.8, 4) is 11.6 Å². The van der Waals surface area contributed by atoms with Gasteiger partial charge in [-0.15, -0.1) is 10.2 Å². The predicted molar refractivity (Wildman–Crippen MR) is 78.2 cm³/mol. The maximum absolute atomic E-state index is 12.8. The lowest BCUT2D eigenvalue weighted by atomic mass is 10.3. The first-order valence-corrected chi connectivity index (χ1v) is 7.28. The molecule has 0 spiro atoms. The number of pyridine rings is 1. The van der Waals surface area contributed by atoms with Crippen LogP contribution in [0.15, 0.2) is 28.8 Å². The molecule has 0 aliphatic heterocycles. The molecule has 0 aliphatic rings. The van der Waals surface area contributed by atoms with Crippen LogP contribution in [0.1, 0.15) is 17.3 Å². The Morgan fingerprint density at radius 2 is 2.04 bits per heavy atom. The number of hydrogen-bond acceptors (Lipinski definition) is 5. The van der Waals surface area contributed by atoms with Gasteiger partial charge in [0.05, 0.1) is 17.3 Å². The molecule has 3 aromatic rings. The molecular formula is C14H11ClF3N5O. The maximum atomic E-state index is 12.8. The number of rotatable bonds is 4. The number of hydrogen-bond donors (Lipinski definition) is 0. The molecular weight excluding hydrogens is 347 g/mol. The molecule has 0 aromatic carbocycles. The van der Waals surface area contributed by atoms with Crippen LogP contribution in [0.2, 0.25) is 5.02 Å². The molecule has 3 heterocycles. The summed E-state index contributed by atoms with van der Waals surface area (Å²) in [7, 11) is 0. The van der Waals surface area contributed by atoms with Gasteiger partial charge >= 0.3 is 6.18 Å². The summed E-state index contributed by atoms with van der Waals surface area (Å²) >= 11 is 5.70. The van der Waals surface area contributed by atoms with Gasteiger partial charge in [0, 0.05) is 12.6 Å². The van der Waals surface area contributed by atoms with E-state index in [-0.39, 0.29) is 30.4 Å². The Morgan fingerprint density at radius 1 is 1.25 bits per heavy atom. The number of halogens is 4. The van der Waals surface area contributed by atoms with Crippen molar-refractivity contribution in [1.82, 2.24) is 25.0 Å². The van der Waals surface area contributed by atoms with Crippen LogP contribution < -0.4 is 0 Å². The van der Waals surface area contributed by atoms with E-state index in [1.807, 2.05) is 0 Å². The van der Waals surface area contributed by atoms with Crippen LogP contribution in [-0.4, -0.2) is 25.0 Å². The molecule has 0 fully saturated rings. The molecule has 0 saturated carbocycles. The fraction of sp³-hybridized carbons (Fsp3) is 0.286. The molecule has 24 heavy (non-hydrogen) atoms. The van der Waals surface area contributed by atoms with E-state index in [2.05, 4.69) is 20.3 Å². The van der Waals surface area contributed by atoms with Crippen molar-refractivity contribution in [2.75, 3.05) is 0 Å². The third-order valence-corrected chi connectivity index (χ3v) is 3.74. The summed E-state index contributed by atoms with van der Waals surface area (Å²) in [6.45, 7) is 1.60. The van der Waals surface area contributed by atoms with E-state index < -0.39 is 16.9 Å². The number of aromatic nitrogens is 5. The molecule has 3 aromatic heterocycles. The van der Waals surface area contributed by atoms with Crippen molar-refractivity contribution in [2.45, 2.75) is 26.1 Å². The molecule has 3 rings (SSSR count). The van der Waals surface area contributed by atoms with Gasteiger partial charge in [0.15, 0.2) is 5.69 Å². The smallest absolute Gasteiger partial charge is 0.419 e. The summed E-state index contributed by atoms with van der Waals surface area (Å²) in [4.78, 5) is 4.08. The van der Waals surface area contributed by atoms with Gasteiger partial charge in [-0.3, -0.25) is 9.67 Å². The van der Waals surface area contributed by atoms with E-state index in [4.69, 9.17) is 16.0 Å². The van der Waals surface area contributed by atoms with E-state index >= 15 is 0 Å². The first-order valence-electron chi connectivity index (χ1n) is 6.90. The highest BCUT2D eigenvalue weighted by Crippen LogP contribution is 2.35. The second-order valence-electron chi connectivity index (χ2n) is 4.93. The molecule has 10 heteroatoms. The van der Waals surface area contributed by atoms with E-state index in [0.29, 0.717) is 5.69 Å². The van der Waals surface area contributed by atoms with Gasteiger partial charge in [-0.05, 0) is 19.1 Å². The average molecular weight is 358 g/mol. The predicted octanol–water partition coefficient (Wildman–Crippen LogP) is 3.55. The maximum Gasteiger partial charge on any atom is 0.436 e. The average Bonchev–Trinajstić information content (AvgIpc) is 3.12. The Hall–Kier alpha value is -2.42. The molecule has 126 valence electrons. The third-order valence-electron chi connectivity index (χ3n) is 3.29. The molecule has 0 aliphatic carbocycles. The van der Waals surface area contributed by atoms with Crippen LogP contribution in [0.3, 0.4) is 0 Å². The minimum Gasteiger partial charge on any atom is -0.419 e. The van der Waals surface area contributed by atoms with Crippen molar-refractivity contribution in [1.29, 1.82) is 0 Å². The first kappa shape index (κ1) is 16.4.